The molecule has 0 aromatic carbocycles. The SMILES string of the molecule is CS(=O)(=O)C1CN(Cc2nnn(CCOCCOCCOCCN)c2Cl)C1. The first-order valence-electron chi connectivity index (χ1n) is 8.84. The monoisotopic (exact) mass is 425 g/mol. The van der Waals surface area contributed by atoms with Crippen LogP contribution in [0.15, 0.2) is 0 Å². The molecule has 0 aliphatic carbocycles. The van der Waals surface area contributed by atoms with Crippen LogP contribution in [0.2, 0.25) is 5.15 Å². The number of halogens is 1. The quantitative estimate of drug-likeness (QED) is 0.380. The maximum absolute atomic E-state index is 11.4. The number of hydrogen-bond donors (Lipinski definition) is 1. The van der Waals surface area contributed by atoms with Gasteiger partial charge in [0.15, 0.2) is 15.0 Å². The molecule has 12 heteroatoms. The Kier molecular flexibility index (Phi) is 9.36. The molecule has 1 fully saturated rings. The van der Waals surface area contributed by atoms with Crippen molar-refractivity contribution in [3.8, 4) is 0 Å². The summed E-state index contributed by atoms with van der Waals surface area (Å²) in [6, 6.07) is 0. The number of aromatic nitrogens is 3. The van der Waals surface area contributed by atoms with Crippen molar-refractivity contribution < 1.29 is 22.6 Å². The summed E-state index contributed by atoms with van der Waals surface area (Å²) in [4.78, 5) is 1.98. The molecule has 1 saturated heterocycles. The van der Waals surface area contributed by atoms with Gasteiger partial charge in [-0.1, -0.05) is 16.8 Å². The lowest BCUT2D eigenvalue weighted by molar-refractivity contribution is 0.0141. The summed E-state index contributed by atoms with van der Waals surface area (Å²) in [5, 5.41) is 8.25. The molecular formula is C15H28ClN5O5S. The van der Waals surface area contributed by atoms with E-state index in [1.165, 1.54) is 6.26 Å². The van der Waals surface area contributed by atoms with Crippen LogP contribution in [0.25, 0.3) is 0 Å². The molecule has 2 heterocycles. The summed E-state index contributed by atoms with van der Waals surface area (Å²) in [6.45, 7) is 5.46. The molecule has 2 N–H and O–H groups in total. The second-order valence-electron chi connectivity index (χ2n) is 6.32. The van der Waals surface area contributed by atoms with Gasteiger partial charge in [-0.05, 0) is 0 Å². The van der Waals surface area contributed by atoms with Gasteiger partial charge < -0.3 is 19.9 Å². The molecule has 0 atom stereocenters. The minimum Gasteiger partial charge on any atom is -0.378 e. The Bertz CT molecular complexity index is 666. The van der Waals surface area contributed by atoms with Gasteiger partial charge in [-0.15, -0.1) is 5.10 Å². The van der Waals surface area contributed by atoms with E-state index in [0.717, 1.165) is 0 Å². The topological polar surface area (TPSA) is 122 Å². The molecule has 0 saturated carbocycles. The minimum atomic E-state index is -2.98. The molecule has 1 aliphatic rings. The van der Waals surface area contributed by atoms with E-state index in [9.17, 15) is 8.42 Å². The maximum atomic E-state index is 11.4. The standard InChI is InChI=1S/C15H28ClN5O5S/c1-27(22,23)13-10-20(11-13)12-14-15(16)21(19-18-14)3-5-25-7-9-26-8-6-24-4-2-17/h13H,2-12,17H2,1H3. The predicted molar refractivity (Wildman–Crippen MR) is 100 cm³/mol. The Labute approximate surface area is 164 Å². The van der Waals surface area contributed by atoms with E-state index in [0.29, 0.717) is 83.2 Å². The number of nitrogens with two attached hydrogens (primary N) is 1. The molecule has 1 aromatic rings. The number of ether oxygens (including phenoxy) is 3. The summed E-state index contributed by atoms with van der Waals surface area (Å²) in [6.07, 6.45) is 1.26. The summed E-state index contributed by atoms with van der Waals surface area (Å²) in [7, 11) is -2.98. The van der Waals surface area contributed by atoms with Crippen molar-refractivity contribution in [2.24, 2.45) is 5.73 Å². The number of likely N-dealkylation sites (tertiary alicyclic amines) is 1. The third-order valence-electron chi connectivity index (χ3n) is 4.09. The first-order valence-corrected chi connectivity index (χ1v) is 11.2. The molecule has 156 valence electrons. The first kappa shape index (κ1) is 22.5. The Balaban J connectivity index is 1.57. The third kappa shape index (κ3) is 7.60. The number of hydrogen-bond acceptors (Lipinski definition) is 9. The Morgan fingerprint density at radius 1 is 1.11 bits per heavy atom. The van der Waals surface area contributed by atoms with Crippen molar-refractivity contribution in [2.45, 2.75) is 18.3 Å². The number of rotatable bonds is 14. The van der Waals surface area contributed by atoms with Gasteiger partial charge in [0.05, 0.1) is 51.4 Å². The predicted octanol–water partition coefficient (Wildman–Crippen LogP) is -0.831. The molecule has 0 radical (unpaired) electrons. The highest BCUT2D eigenvalue weighted by Crippen LogP contribution is 2.21. The van der Waals surface area contributed by atoms with Crippen LogP contribution in [0.1, 0.15) is 5.69 Å². The maximum Gasteiger partial charge on any atom is 0.152 e. The smallest absolute Gasteiger partial charge is 0.152 e. The highest BCUT2D eigenvalue weighted by atomic mass is 35.5. The van der Waals surface area contributed by atoms with E-state index in [4.69, 9.17) is 31.5 Å². The van der Waals surface area contributed by atoms with Crippen molar-refractivity contribution in [3.05, 3.63) is 10.8 Å². The van der Waals surface area contributed by atoms with Gasteiger partial charge in [-0.2, -0.15) is 0 Å². The summed E-state index contributed by atoms with van der Waals surface area (Å²) in [5.41, 5.74) is 5.95. The lowest BCUT2D eigenvalue weighted by Crippen LogP contribution is -2.53. The van der Waals surface area contributed by atoms with E-state index in [1.807, 2.05) is 4.90 Å². The van der Waals surface area contributed by atoms with Gasteiger partial charge in [0, 0.05) is 32.4 Å². The lowest BCUT2D eigenvalue weighted by Gasteiger charge is -2.37. The van der Waals surface area contributed by atoms with Gasteiger partial charge in [-0.3, -0.25) is 4.90 Å². The van der Waals surface area contributed by atoms with E-state index in [-0.39, 0.29) is 5.25 Å². The average Bonchev–Trinajstić information content (AvgIpc) is 2.91. The zero-order valence-electron chi connectivity index (χ0n) is 15.5. The second kappa shape index (κ2) is 11.2. The molecular weight excluding hydrogens is 398 g/mol. The van der Waals surface area contributed by atoms with Gasteiger partial charge >= 0.3 is 0 Å². The normalized spacial score (nSPS) is 16.0. The molecule has 10 nitrogen and oxygen atoms in total. The van der Waals surface area contributed by atoms with E-state index in [2.05, 4.69) is 10.3 Å². The second-order valence-corrected chi connectivity index (χ2v) is 9.01. The summed E-state index contributed by atoms with van der Waals surface area (Å²) in [5.74, 6) is 0. The largest absolute Gasteiger partial charge is 0.378 e. The Morgan fingerprint density at radius 3 is 2.30 bits per heavy atom. The molecule has 0 bridgehead atoms. The van der Waals surface area contributed by atoms with Crippen LogP contribution in [-0.2, 0) is 37.1 Å². The van der Waals surface area contributed by atoms with Crippen LogP contribution in [-0.4, -0.2) is 99.1 Å². The Morgan fingerprint density at radius 2 is 1.70 bits per heavy atom. The summed E-state index contributed by atoms with van der Waals surface area (Å²) < 4.78 is 40.5. The van der Waals surface area contributed by atoms with Gasteiger partial charge in [0.2, 0.25) is 0 Å². The Hall–Kier alpha value is -0.820. The van der Waals surface area contributed by atoms with Crippen molar-refractivity contribution >= 4 is 21.4 Å². The van der Waals surface area contributed by atoms with Crippen LogP contribution >= 0.6 is 11.6 Å². The zero-order chi connectivity index (χ0) is 19.7. The molecule has 2 rings (SSSR count). The van der Waals surface area contributed by atoms with Crippen LogP contribution in [0.4, 0.5) is 0 Å². The zero-order valence-corrected chi connectivity index (χ0v) is 17.1. The van der Waals surface area contributed by atoms with Crippen molar-refractivity contribution in [1.29, 1.82) is 0 Å². The third-order valence-corrected chi connectivity index (χ3v) is 6.02. The van der Waals surface area contributed by atoms with E-state index < -0.39 is 9.84 Å². The van der Waals surface area contributed by atoms with Crippen LogP contribution < -0.4 is 5.73 Å². The fraction of sp³-hybridized carbons (Fsp3) is 0.867. The molecule has 0 spiro atoms. The minimum absolute atomic E-state index is 0.297. The fourth-order valence-electron chi connectivity index (χ4n) is 2.49. The molecule has 1 aliphatic heterocycles. The highest BCUT2D eigenvalue weighted by molar-refractivity contribution is 7.91. The molecule has 27 heavy (non-hydrogen) atoms. The van der Waals surface area contributed by atoms with Crippen LogP contribution in [0.3, 0.4) is 0 Å². The van der Waals surface area contributed by atoms with E-state index in [1.54, 1.807) is 4.68 Å². The fourth-order valence-corrected chi connectivity index (χ4v) is 3.67. The molecule has 1 aromatic heterocycles. The van der Waals surface area contributed by atoms with Gasteiger partial charge in [-0.25, -0.2) is 13.1 Å². The number of sulfone groups is 1. The summed E-state index contributed by atoms with van der Waals surface area (Å²) >= 11 is 6.29. The van der Waals surface area contributed by atoms with Gasteiger partial charge in [0.25, 0.3) is 0 Å². The highest BCUT2D eigenvalue weighted by Gasteiger charge is 2.35. The van der Waals surface area contributed by atoms with Crippen molar-refractivity contribution in [1.82, 2.24) is 19.9 Å². The molecule has 0 amide bonds. The number of nitrogens with zero attached hydrogens (tertiary/aromatic N) is 4. The van der Waals surface area contributed by atoms with Crippen molar-refractivity contribution in [2.75, 3.05) is 65.5 Å². The lowest BCUT2D eigenvalue weighted by atomic mass is 10.2. The first-order chi connectivity index (χ1) is 12.9. The van der Waals surface area contributed by atoms with Crippen LogP contribution in [0.5, 0.6) is 0 Å². The average molecular weight is 426 g/mol. The van der Waals surface area contributed by atoms with Crippen LogP contribution in [0, 0.1) is 0 Å². The molecule has 0 unspecified atom stereocenters. The van der Waals surface area contributed by atoms with E-state index >= 15 is 0 Å². The van der Waals surface area contributed by atoms with Crippen molar-refractivity contribution in [3.63, 3.8) is 0 Å². The van der Waals surface area contributed by atoms with Gasteiger partial charge in [0.1, 0.15) is 5.69 Å².